The van der Waals surface area contributed by atoms with E-state index >= 15 is 0 Å². The van der Waals surface area contributed by atoms with Gasteiger partial charge in [0.1, 0.15) is 0 Å². The van der Waals surface area contributed by atoms with Crippen LogP contribution in [0.25, 0.3) is 27.7 Å². The first-order chi connectivity index (χ1) is 19.8. The zero-order valence-corrected chi connectivity index (χ0v) is 23.8. The number of nitrogens with zero attached hydrogens (tertiary/aromatic N) is 1. The molecule has 6 heteroatoms. The Labute approximate surface area is 240 Å². The highest BCUT2D eigenvalue weighted by Crippen LogP contribution is 2.31. The van der Waals surface area contributed by atoms with Crippen LogP contribution in [0, 0.1) is 13.8 Å². The number of rotatable bonds is 10. The molecule has 0 radical (unpaired) electrons. The topological polar surface area (TPSA) is 72.7 Å². The lowest BCUT2D eigenvalue weighted by atomic mass is 9.99. The maximum atomic E-state index is 11.7. The second-order valence-electron chi connectivity index (χ2n) is 10.1. The van der Waals surface area contributed by atoms with E-state index < -0.39 is 5.97 Å². The lowest BCUT2D eigenvalue weighted by Crippen LogP contribution is -2.11. The third-order valence-corrected chi connectivity index (χ3v) is 7.70. The molecule has 0 unspecified atom stereocenters. The number of aromatic nitrogens is 1. The number of carboxylic acid groups (broad SMARTS) is 1. The van der Waals surface area contributed by atoms with Crippen molar-refractivity contribution in [2.24, 2.45) is 0 Å². The van der Waals surface area contributed by atoms with Crippen molar-refractivity contribution < 1.29 is 19.4 Å². The van der Waals surface area contributed by atoms with E-state index in [0.29, 0.717) is 23.6 Å². The molecule has 5 rings (SSSR count). The molecule has 6 nitrogen and oxygen atoms in total. The zero-order valence-electron chi connectivity index (χ0n) is 23.8. The number of carbonyl (C=O) groups is 1. The first-order valence-electron chi connectivity index (χ1n) is 13.5. The zero-order chi connectivity index (χ0) is 29.1. The van der Waals surface area contributed by atoms with Crippen LogP contribution in [0.4, 0.5) is 0 Å². The third-order valence-electron chi connectivity index (χ3n) is 7.70. The van der Waals surface area contributed by atoms with Crippen molar-refractivity contribution in [1.29, 1.82) is 0 Å². The fourth-order valence-corrected chi connectivity index (χ4v) is 5.24. The van der Waals surface area contributed by atoms with E-state index in [1.54, 1.807) is 26.4 Å². The van der Waals surface area contributed by atoms with E-state index in [2.05, 4.69) is 60.6 Å². The van der Waals surface area contributed by atoms with Crippen molar-refractivity contribution in [1.82, 2.24) is 9.88 Å². The number of ether oxygens (including phenoxy) is 2. The Hall–Kier alpha value is -4.97. The predicted octanol–water partition coefficient (Wildman–Crippen LogP) is 7.45. The van der Waals surface area contributed by atoms with Crippen molar-refractivity contribution >= 4 is 22.6 Å². The number of benzene rings is 4. The number of carboxylic acids is 1. The molecular weight excluding hydrogens is 512 g/mol. The van der Waals surface area contributed by atoms with Crippen molar-refractivity contribution in [3.63, 3.8) is 0 Å². The minimum Gasteiger partial charge on any atom is -0.493 e. The van der Waals surface area contributed by atoms with Gasteiger partial charge in [0.25, 0.3) is 0 Å². The van der Waals surface area contributed by atoms with E-state index in [9.17, 15) is 9.90 Å². The molecule has 0 fully saturated rings. The maximum Gasteiger partial charge on any atom is 0.336 e. The fraction of sp³-hybridized carbons (Fsp3) is 0.171. The molecule has 0 atom stereocenters. The first-order valence-corrected chi connectivity index (χ1v) is 13.5. The maximum absolute atomic E-state index is 11.7. The van der Waals surface area contributed by atoms with Gasteiger partial charge in [-0.15, -0.1) is 0 Å². The standard InChI is InChI=1S/C35H34N2O4/c1-22-24(3)37(21-25-10-13-27(14-11-25)29-8-6-7-9-30(29)35(38)39)32-16-15-28(19-31(22)32)23(2)36-20-26-12-17-33(40-4)34(18-26)41-5/h6-19,36H,2,20-21H2,1,3-5H3,(H,38,39). The Morgan fingerprint density at radius 3 is 2.29 bits per heavy atom. The molecule has 2 N–H and O–H groups in total. The van der Waals surface area contributed by atoms with Gasteiger partial charge in [-0.25, -0.2) is 4.79 Å². The Balaban J connectivity index is 1.34. The number of aromatic carboxylic acids is 1. The molecule has 1 heterocycles. The van der Waals surface area contributed by atoms with Crippen LogP contribution in [0.3, 0.4) is 0 Å². The average molecular weight is 547 g/mol. The molecule has 0 saturated heterocycles. The molecule has 0 aliphatic heterocycles. The van der Waals surface area contributed by atoms with Crippen molar-refractivity contribution in [2.45, 2.75) is 26.9 Å². The first kappa shape index (κ1) is 27.6. The van der Waals surface area contributed by atoms with Gasteiger partial charge in [-0.05, 0) is 77.6 Å². The number of fused-ring (bicyclic) bond motifs is 1. The normalized spacial score (nSPS) is 10.9. The molecular formula is C35H34N2O4. The SMILES string of the molecule is C=C(NCc1ccc(OC)c(OC)c1)c1ccc2c(c1)c(C)c(C)n2Cc1ccc(-c2ccccc2C(=O)O)cc1. The van der Waals surface area contributed by atoms with Gasteiger partial charge in [-0.2, -0.15) is 0 Å². The molecule has 0 amide bonds. The van der Waals surface area contributed by atoms with Gasteiger partial charge in [-0.3, -0.25) is 0 Å². The highest BCUT2D eigenvalue weighted by molar-refractivity contribution is 5.96. The summed E-state index contributed by atoms with van der Waals surface area (Å²) >= 11 is 0. The van der Waals surface area contributed by atoms with Crippen LogP contribution in [0.1, 0.15) is 38.3 Å². The van der Waals surface area contributed by atoms with E-state index in [0.717, 1.165) is 45.6 Å². The van der Waals surface area contributed by atoms with Crippen LogP contribution < -0.4 is 14.8 Å². The molecule has 0 bridgehead atoms. The van der Waals surface area contributed by atoms with Crippen LogP contribution in [-0.2, 0) is 13.1 Å². The highest BCUT2D eigenvalue weighted by atomic mass is 16.5. The average Bonchev–Trinajstić information content (AvgIpc) is 3.24. The van der Waals surface area contributed by atoms with Gasteiger partial charge in [0.2, 0.25) is 0 Å². The minimum atomic E-state index is -0.923. The Bertz CT molecular complexity index is 1750. The van der Waals surface area contributed by atoms with E-state index in [1.807, 2.05) is 42.5 Å². The number of methoxy groups -OCH3 is 2. The molecule has 1 aromatic heterocycles. The van der Waals surface area contributed by atoms with Crippen molar-refractivity contribution in [3.05, 3.63) is 125 Å². The van der Waals surface area contributed by atoms with Gasteiger partial charge in [0.05, 0.1) is 19.8 Å². The third kappa shape index (κ3) is 5.54. The molecule has 0 spiro atoms. The van der Waals surface area contributed by atoms with E-state index in [1.165, 1.54) is 16.6 Å². The van der Waals surface area contributed by atoms with E-state index in [4.69, 9.17) is 9.47 Å². The predicted molar refractivity (Wildman–Crippen MR) is 165 cm³/mol. The second kappa shape index (κ2) is 11.6. The lowest BCUT2D eigenvalue weighted by Gasteiger charge is -2.13. The Morgan fingerprint density at radius 1 is 0.878 bits per heavy atom. The summed E-state index contributed by atoms with van der Waals surface area (Å²) in [5, 5.41) is 14.2. The van der Waals surface area contributed by atoms with Crippen LogP contribution in [0.5, 0.6) is 11.5 Å². The second-order valence-corrected chi connectivity index (χ2v) is 10.1. The molecule has 208 valence electrons. The van der Waals surface area contributed by atoms with Gasteiger partial charge >= 0.3 is 5.97 Å². The summed E-state index contributed by atoms with van der Waals surface area (Å²) in [5.41, 5.74) is 9.63. The Kier molecular flexibility index (Phi) is 7.83. The van der Waals surface area contributed by atoms with Crippen molar-refractivity contribution in [3.8, 4) is 22.6 Å². The Morgan fingerprint density at radius 2 is 1.59 bits per heavy atom. The fourth-order valence-electron chi connectivity index (χ4n) is 5.24. The quantitative estimate of drug-likeness (QED) is 0.190. The van der Waals surface area contributed by atoms with Crippen LogP contribution in [0.2, 0.25) is 0 Å². The van der Waals surface area contributed by atoms with Gasteiger partial charge in [0.15, 0.2) is 11.5 Å². The van der Waals surface area contributed by atoms with Gasteiger partial charge < -0.3 is 24.5 Å². The lowest BCUT2D eigenvalue weighted by molar-refractivity contribution is 0.0697. The highest BCUT2D eigenvalue weighted by Gasteiger charge is 2.14. The monoisotopic (exact) mass is 546 g/mol. The minimum absolute atomic E-state index is 0.304. The van der Waals surface area contributed by atoms with Gasteiger partial charge in [0, 0.05) is 35.4 Å². The summed E-state index contributed by atoms with van der Waals surface area (Å²) in [6, 6.07) is 27.6. The number of hydrogen-bond acceptors (Lipinski definition) is 4. The van der Waals surface area contributed by atoms with E-state index in [-0.39, 0.29) is 0 Å². The molecule has 0 aliphatic rings. The number of aryl methyl sites for hydroxylation is 1. The molecule has 0 saturated carbocycles. The molecule has 41 heavy (non-hydrogen) atoms. The largest absolute Gasteiger partial charge is 0.493 e. The van der Waals surface area contributed by atoms with Crippen molar-refractivity contribution in [2.75, 3.05) is 14.2 Å². The van der Waals surface area contributed by atoms with Gasteiger partial charge in [-0.1, -0.05) is 61.2 Å². The molecule has 4 aromatic carbocycles. The summed E-state index contributed by atoms with van der Waals surface area (Å²) in [6.07, 6.45) is 0. The summed E-state index contributed by atoms with van der Waals surface area (Å²) in [4.78, 5) is 11.7. The summed E-state index contributed by atoms with van der Waals surface area (Å²) in [6.45, 7) is 9.93. The molecule has 5 aromatic rings. The van der Waals surface area contributed by atoms with Crippen LogP contribution in [0.15, 0.2) is 91.5 Å². The summed E-state index contributed by atoms with van der Waals surface area (Å²) in [7, 11) is 3.26. The summed E-state index contributed by atoms with van der Waals surface area (Å²) < 4.78 is 13.1. The smallest absolute Gasteiger partial charge is 0.336 e. The van der Waals surface area contributed by atoms with Crippen LogP contribution in [-0.4, -0.2) is 29.9 Å². The summed E-state index contributed by atoms with van der Waals surface area (Å²) in [5.74, 6) is 0.481. The number of hydrogen-bond donors (Lipinski definition) is 2. The molecule has 0 aliphatic carbocycles. The van der Waals surface area contributed by atoms with Crippen LogP contribution >= 0.6 is 0 Å². The number of nitrogens with one attached hydrogen (secondary N) is 1.